The SMILES string of the molecule is CCOC(c1ccccc1)c1nc(C)c(I)c(N)n1. The van der Waals surface area contributed by atoms with Crippen molar-refractivity contribution in [1.29, 1.82) is 0 Å². The van der Waals surface area contributed by atoms with Gasteiger partial charge in [0.15, 0.2) is 5.82 Å². The predicted octanol–water partition coefficient (Wildman–Crippen LogP) is 3.10. The number of aryl methyl sites for hydroxylation is 1. The molecule has 1 aromatic heterocycles. The molecule has 2 aromatic rings. The van der Waals surface area contributed by atoms with Gasteiger partial charge in [0.1, 0.15) is 11.9 Å². The summed E-state index contributed by atoms with van der Waals surface area (Å²) in [5, 5.41) is 0. The van der Waals surface area contributed by atoms with E-state index in [4.69, 9.17) is 10.5 Å². The Morgan fingerprint density at radius 1 is 1.26 bits per heavy atom. The number of nitrogen functional groups attached to an aromatic ring is 1. The van der Waals surface area contributed by atoms with Gasteiger partial charge in [-0.2, -0.15) is 0 Å². The van der Waals surface area contributed by atoms with Gasteiger partial charge in [0.2, 0.25) is 0 Å². The van der Waals surface area contributed by atoms with Crippen LogP contribution in [0.25, 0.3) is 0 Å². The van der Waals surface area contributed by atoms with Crippen LogP contribution in [0.1, 0.15) is 30.1 Å². The van der Waals surface area contributed by atoms with Gasteiger partial charge in [0, 0.05) is 6.61 Å². The highest BCUT2D eigenvalue weighted by molar-refractivity contribution is 14.1. The standard InChI is InChI=1S/C14H16IN3O/c1-3-19-12(10-7-5-4-6-8-10)14-17-9(2)11(15)13(16)18-14/h4-8,12H,3H2,1-2H3,(H2,16,17,18). The minimum atomic E-state index is -0.274. The van der Waals surface area contributed by atoms with Crippen molar-refractivity contribution in [2.75, 3.05) is 12.3 Å². The normalized spacial score (nSPS) is 12.4. The summed E-state index contributed by atoms with van der Waals surface area (Å²) in [5.41, 5.74) is 7.83. The molecule has 0 bridgehead atoms. The Morgan fingerprint density at radius 2 is 1.95 bits per heavy atom. The first-order valence-electron chi connectivity index (χ1n) is 6.09. The van der Waals surface area contributed by atoms with E-state index in [1.807, 2.05) is 44.2 Å². The van der Waals surface area contributed by atoms with Crippen LogP contribution in [0.2, 0.25) is 0 Å². The summed E-state index contributed by atoms with van der Waals surface area (Å²) >= 11 is 2.15. The molecule has 0 amide bonds. The first-order valence-corrected chi connectivity index (χ1v) is 7.17. The molecular formula is C14H16IN3O. The van der Waals surface area contributed by atoms with Crippen LogP contribution < -0.4 is 5.73 Å². The summed E-state index contributed by atoms with van der Waals surface area (Å²) in [4.78, 5) is 8.87. The van der Waals surface area contributed by atoms with E-state index in [9.17, 15) is 0 Å². The summed E-state index contributed by atoms with van der Waals surface area (Å²) in [6.07, 6.45) is -0.274. The van der Waals surface area contributed by atoms with Crippen molar-refractivity contribution in [2.45, 2.75) is 20.0 Å². The van der Waals surface area contributed by atoms with Crippen LogP contribution in [0.5, 0.6) is 0 Å². The van der Waals surface area contributed by atoms with Crippen LogP contribution in [0.3, 0.4) is 0 Å². The molecule has 0 fully saturated rings. The van der Waals surface area contributed by atoms with E-state index in [2.05, 4.69) is 32.6 Å². The predicted molar refractivity (Wildman–Crippen MR) is 83.8 cm³/mol. The molecule has 0 saturated carbocycles. The third-order valence-corrected chi connectivity index (χ3v) is 4.06. The zero-order chi connectivity index (χ0) is 13.8. The maximum absolute atomic E-state index is 5.92. The van der Waals surface area contributed by atoms with Gasteiger partial charge in [-0.15, -0.1) is 0 Å². The van der Waals surface area contributed by atoms with Gasteiger partial charge in [-0.3, -0.25) is 0 Å². The first-order chi connectivity index (χ1) is 9.13. The van der Waals surface area contributed by atoms with Crippen molar-refractivity contribution in [2.24, 2.45) is 0 Å². The number of benzene rings is 1. The van der Waals surface area contributed by atoms with Crippen molar-refractivity contribution >= 4 is 28.4 Å². The zero-order valence-corrected chi connectivity index (χ0v) is 13.1. The molecule has 100 valence electrons. The Labute approximate surface area is 126 Å². The fourth-order valence-corrected chi connectivity index (χ4v) is 2.08. The number of hydrogen-bond acceptors (Lipinski definition) is 4. The minimum absolute atomic E-state index is 0.274. The molecule has 19 heavy (non-hydrogen) atoms. The summed E-state index contributed by atoms with van der Waals surface area (Å²) < 4.78 is 6.67. The highest BCUT2D eigenvalue weighted by Crippen LogP contribution is 2.26. The average molecular weight is 369 g/mol. The van der Waals surface area contributed by atoms with Crippen LogP contribution in [-0.2, 0) is 4.74 Å². The minimum Gasteiger partial charge on any atom is -0.383 e. The lowest BCUT2D eigenvalue weighted by molar-refractivity contribution is 0.0851. The Bertz CT molecular complexity index is 537. The van der Waals surface area contributed by atoms with Gasteiger partial charge < -0.3 is 10.5 Å². The van der Waals surface area contributed by atoms with Crippen LogP contribution in [0, 0.1) is 10.5 Å². The molecule has 4 nitrogen and oxygen atoms in total. The van der Waals surface area contributed by atoms with Crippen molar-refractivity contribution in [3.8, 4) is 0 Å². The van der Waals surface area contributed by atoms with E-state index in [0.29, 0.717) is 18.2 Å². The van der Waals surface area contributed by atoms with Crippen molar-refractivity contribution < 1.29 is 4.74 Å². The lowest BCUT2D eigenvalue weighted by atomic mass is 10.1. The second-order valence-electron chi connectivity index (χ2n) is 4.11. The summed E-state index contributed by atoms with van der Waals surface area (Å²) in [6.45, 7) is 4.48. The number of anilines is 1. The number of halogens is 1. The van der Waals surface area contributed by atoms with Gasteiger partial charge in [0.05, 0.1) is 9.26 Å². The Kier molecular flexibility index (Phi) is 4.71. The highest BCUT2D eigenvalue weighted by atomic mass is 127. The quantitative estimate of drug-likeness (QED) is 0.842. The topological polar surface area (TPSA) is 61.0 Å². The van der Waals surface area contributed by atoms with Crippen LogP contribution >= 0.6 is 22.6 Å². The largest absolute Gasteiger partial charge is 0.383 e. The van der Waals surface area contributed by atoms with Crippen molar-refractivity contribution in [1.82, 2.24) is 9.97 Å². The molecule has 0 saturated heterocycles. The van der Waals surface area contributed by atoms with E-state index >= 15 is 0 Å². The van der Waals surface area contributed by atoms with E-state index < -0.39 is 0 Å². The van der Waals surface area contributed by atoms with E-state index in [1.165, 1.54) is 0 Å². The van der Waals surface area contributed by atoms with E-state index in [0.717, 1.165) is 14.8 Å². The molecule has 0 aliphatic heterocycles. The van der Waals surface area contributed by atoms with Crippen molar-refractivity contribution in [3.63, 3.8) is 0 Å². The molecular weight excluding hydrogens is 353 g/mol. The van der Waals surface area contributed by atoms with Crippen LogP contribution in [0.15, 0.2) is 30.3 Å². The number of ether oxygens (including phenoxy) is 1. The van der Waals surface area contributed by atoms with E-state index in [-0.39, 0.29) is 6.10 Å². The number of rotatable bonds is 4. The van der Waals surface area contributed by atoms with Crippen LogP contribution in [0.4, 0.5) is 5.82 Å². The molecule has 1 heterocycles. The Balaban J connectivity index is 2.45. The van der Waals surface area contributed by atoms with Gasteiger partial charge in [-0.25, -0.2) is 9.97 Å². The second kappa shape index (κ2) is 6.29. The smallest absolute Gasteiger partial charge is 0.164 e. The molecule has 0 aliphatic rings. The Hall–Kier alpha value is -1.21. The van der Waals surface area contributed by atoms with Gasteiger partial charge in [-0.05, 0) is 42.0 Å². The zero-order valence-electron chi connectivity index (χ0n) is 10.9. The third-order valence-electron chi connectivity index (χ3n) is 2.73. The fourth-order valence-electron chi connectivity index (χ4n) is 1.84. The lowest BCUT2D eigenvalue weighted by Crippen LogP contribution is -2.13. The van der Waals surface area contributed by atoms with Gasteiger partial charge >= 0.3 is 0 Å². The van der Waals surface area contributed by atoms with Crippen LogP contribution in [-0.4, -0.2) is 16.6 Å². The molecule has 0 spiro atoms. The van der Waals surface area contributed by atoms with Crippen molar-refractivity contribution in [3.05, 3.63) is 51.0 Å². The van der Waals surface area contributed by atoms with Gasteiger partial charge in [0.25, 0.3) is 0 Å². The second-order valence-corrected chi connectivity index (χ2v) is 5.19. The molecule has 2 rings (SSSR count). The number of nitrogens with two attached hydrogens (primary N) is 1. The molecule has 1 unspecified atom stereocenters. The Morgan fingerprint density at radius 3 is 2.53 bits per heavy atom. The number of nitrogens with zero attached hydrogens (tertiary/aromatic N) is 2. The number of hydrogen-bond donors (Lipinski definition) is 1. The molecule has 0 radical (unpaired) electrons. The summed E-state index contributed by atoms with van der Waals surface area (Å²) in [6, 6.07) is 9.94. The molecule has 0 aliphatic carbocycles. The first kappa shape index (κ1) is 14.2. The maximum Gasteiger partial charge on any atom is 0.164 e. The molecule has 5 heteroatoms. The van der Waals surface area contributed by atoms with Gasteiger partial charge in [-0.1, -0.05) is 30.3 Å². The molecule has 1 aromatic carbocycles. The lowest BCUT2D eigenvalue weighted by Gasteiger charge is -2.17. The monoisotopic (exact) mass is 369 g/mol. The highest BCUT2D eigenvalue weighted by Gasteiger charge is 2.19. The summed E-state index contributed by atoms with van der Waals surface area (Å²) in [5.74, 6) is 1.12. The third kappa shape index (κ3) is 3.22. The maximum atomic E-state index is 5.92. The number of aromatic nitrogens is 2. The molecule has 1 atom stereocenters. The summed E-state index contributed by atoms with van der Waals surface area (Å²) in [7, 11) is 0. The fraction of sp³-hybridized carbons (Fsp3) is 0.286. The molecule has 2 N–H and O–H groups in total. The van der Waals surface area contributed by atoms with E-state index in [1.54, 1.807) is 0 Å². The average Bonchev–Trinajstić information content (AvgIpc) is 2.42.